The Bertz CT molecular complexity index is 432. The molecule has 2 rings (SSSR count). The predicted octanol–water partition coefficient (Wildman–Crippen LogP) is 2.73. The van der Waals surface area contributed by atoms with E-state index < -0.39 is 11.6 Å². The summed E-state index contributed by atoms with van der Waals surface area (Å²) in [5.74, 6) is -1.90. The number of benzene rings is 1. The summed E-state index contributed by atoms with van der Waals surface area (Å²) < 4.78 is 32.7. The van der Waals surface area contributed by atoms with Crippen LogP contribution in [0.5, 0.6) is 5.75 Å². The maximum atomic E-state index is 13.8. The van der Waals surface area contributed by atoms with Crippen LogP contribution in [-0.2, 0) is 5.41 Å². The molecule has 1 aromatic rings. The Morgan fingerprint density at radius 3 is 2.50 bits per heavy atom. The van der Waals surface area contributed by atoms with E-state index in [-0.39, 0.29) is 11.2 Å². The Morgan fingerprint density at radius 2 is 2.06 bits per heavy atom. The molecule has 16 heavy (non-hydrogen) atoms. The fourth-order valence-electron chi connectivity index (χ4n) is 1.89. The summed E-state index contributed by atoms with van der Waals surface area (Å²) in [6.07, 6.45) is 1.61. The van der Waals surface area contributed by atoms with Crippen molar-refractivity contribution < 1.29 is 13.5 Å². The summed E-state index contributed by atoms with van der Waals surface area (Å²) in [6, 6.07) is 1.57. The van der Waals surface area contributed by atoms with Gasteiger partial charge in [-0.05, 0) is 40.4 Å². The monoisotopic (exact) mass is 291 g/mol. The number of nitrogens with two attached hydrogens (primary N) is 1. The minimum absolute atomic E-state index is 0.103. The van der Waals surface area contributed by atoms with Gasteiger partial charge in [-0.25, -0.2) is 4.39 Å². The van der Waals surface area contributed by atoms with Gasteiger partial charge in [0.15, 0.2) is 11.6 Å². The van der Waals surface area contributed by atoms with Crippen molar-refractivity contribution in [3.05, 3.63) is 27.7 Å². The summed E-state index contributed by atoms with van der Waals surface area (Å²) in [6.45, 7) is 0.335. The lowest BCUT2D eigenvalue weighted by Crippen LogP contribution is -2.21. The Balaban J connectivity index is 2.57. The van der Waals surface area contributed by atoms with E-state index in [1.807, 2.05) is 0 Å². The van der Waals surface area contributed by atoms with E-state index in [0.29, 0.717) is 16.6 Å². The maximum absolute atomic E-state index is 13.8. The molecule has 1 fully saturated rings. The first kappa shape index (κ1) is 11.8. The molecule has 0 radical (unpaired) electrons. The fourth-order valence-corrected chi connectivity index (χ4v) is 2.45. The molecular formula is C11H12BrF2NO. The molecule has 1 aliphatic carbocycles. The lowest BCUT2D eigenvalue weighted by molar-refractivity contribution is 0.365. The van der Waals surface area contributed by atoms with Crippen LogP contribution >= 0.6 is 15.9 Å². The van der Waals surface area contributed by atoms with Crippen LogP contribution in [0.2, 0.25) is 0 Å². The molecule has 0 amide bonds. The van der Waals surface area contributed by atoms with Crippen molar-refractivity contribution in [2.75, 3.05) is 13.7 Å². The van der Waals surface area contributed by atoms with Crippen molar-refractivity contribution in [2.45, 2.75) is 18.3 Å². The zero-order valence-electron chi connectivity index (χ0n) is 8.82. The lowest BCUT2D eigenvalue weighted by Gasteiger charge is -2.16. The van der Waals surface area contributed by atoms with Gasteiger partial charge in [-0.1, -0.05) is 0 Å². The molecule has 0 atom stereocenters. The van der Waals surface area contributed by atoms with E-state index in [2.05, 4.69) is 15.9 Å². The number of ether oxygens (including phenoxy) is 1. The molecule has 1 saturated carbocycles. The van der Waals surface area contributed by atoms with Crippen LogP contribution in [0.25, 0.3) is 0 Å². The molecule has 0 unspecified atom stereocenters. The molecule has 1 aliphatic rings. The molecule has 2 nitrogen and oxygen atoms in total. The summed E-state index contributed by atoms with van der Waals surface area (Å²) in [5.41, 5.74) is 5.58. The molecule has 2 N–H and O–H groups in total. The van der Waals surface area contributed by atoms with E-state index in [9.17, 15) is 8.78 Å². The van der Waals surface area contributed by atoms with Gasteiger partial charge < -0.3 is 10.5 Å². The highest BCUT2D eigenvalue weighted by Gasteiger charge is 2.46. The van der Waals surface area contributed by atoms with Crippen LogP contribution in [0.4, 0.5) is 8.78 Å². The molecule has 0 bridgehead atoms. The van der Waals surface area contributed by atoms with Crippen LogP contribution in [0.15, 0.2) is 10.5 Å². The van der Waals surface area contributed by atoms with Gasteiger partial charge in [0.25, 0.3) is 0 Å². The van der Waals surface area contributed by atoms with Crippen molar-refractivity contribution in [1.29, 1.82) is 0 Å². The van der Waals surface area contributed by atoms with Crippen LogP contribution < -0.4 is 10.5 Å². The second kappa shape index (κ2) is 3.96. The average Bonchev–Trinajstić information content (AvgIpc) is 3.05. The Morgan fingerprint density at radius 1 is 1.44 bits per heavy atom. The van der Waals surface area contributed by atoms with Crippen molar-refractivity contribution in [2.24, 2.45) is 5.73 Å². The minimum atomic E-state index is -0.952. The Kier molecular flexibility index (Phi) is 2.92. The number of methoxy groups -OCH3 is 1. The third-order valence-corrected chi connectivity index (χ3v) is 3.73. The van der Waals surface area contributed by atoms with Crippen LogP contribution in [0.1, 0.15) is 18.4 Å². The van der Waals surface area contributed by atoms with Gasteiger partial charge in [-0.15, -0.1) is 0 Å². The topological polar surface area (TPSA) is 35.2 Å². The molecular weight excluding hydrogens is 280 g/mol. The Labute approximate surface area is 101 Å². The number of hydrogen-bond acceptors (Lipinski definition) is 2. The SMILES string of the molecule is COc1c(Br)cc(C2(CN)CC2)c(F)c1F. The van der Waals surface area contributed by atoms with E-state index >= 15 is 0 Å². The van der Waals surface area contributed by atoms with E-state index in [4.69, 9.17) is 10.5 Å². The molecule has 0 spiro atoms. The normalized spacial score (nSPS) is 17.3. The van der Waals surface area contributed by atoms with Crippen molar-refractivity contribution in [1.82, 2.24) is 0 Å². The molecule has 0 aromatic heterocycles. The maximum Gasteiger partial charge on any atom is 0.202 e. The number of halogens is 3. The van der Waals surface area contributed by atoms with Crippen LogP contribution in [-0.4, -0.2) is 13.7 Å². The second-order valence-corrected chi connectivity index (χ2v) is 4.91. The molecule has 0 heterocycles. The van der Waals surface area contributed by atoms with Crippen LogP contribution in [0.3, 0.4) is 0 Å². The third kappa shape index (κ3) is 1.62. The highest BCUT2D eigenvalue weighted by molar-refractivity contribution is 9.10. The smallest absolute Gasteiger partial charge is 0.202 e. The molecule has 0 aliphatic heterocycles. The molecule has 1 aromatic carbocycles. The standard InChI is InChI=1S/C11H12BrF2NO/c1-16-10-7(12)4-6(8(13)9(10)14)11(5-15)2-3-11/h4H,2-3,5,15H2,1H3. The first-order chi connectivity index (χ1) is 7.55. The summed E-state index contributed by atoms with van der Waals surface area (Å²) in [5, 5.41) is 0. The molecule has 0 saturated heterocycles. The van der Waals surface area contributed by atoms with Gasteiger partial charge in [0.1, 0.15) is 0 Å². The predicted molar refractivity (Wildman–Crippen MR) is 60.6 cm³/mol. The third-order valence-electron chi connectivity index (χ3n) is 3.14. The first-order valence-electron chi connectivity index (χ1n) is 4.98. The summed E-state index contributed by atoms with van der Waals surface area (Å²) >= 11 is 3.17. The lowest BCUT2D eigenvalue weighted by atomic mass is 9.95. The number of hydrogen-bond donors (Lipinski definition) is 1. The van der Waals surface area contributed by atoms with Gasteiger partial charge >= 0.3 is 0 Å². The van der Waals surface area contributed by atoms with E-state index in [0.717, 1.165) is 12.8 Å². The van der Waals surface area contributed by atoms with Gasteiger partial charge in [0, 0.05) is 12.0 Å². The van der Waals surface area contributed by atoms with E-state index in [1.54, 1.807) is 6.07 Å². The van der Waals surface area contributed by atoms with Crippen molar-refractivity contribution in [3.8, 4) is 5.75 Å². The highest BCUT2D eigenvalue weighted by Crippen LogP contribution is 2.50. The van der Waals surface area contributed by atoms with Crippen molar-refractivity contribution in [3.63, 3.8) is 0 Å². The van der Waals surface area contributed by atoms with E-state index in [1.165, 1.54) is 7.11 Å². The van der Waals surface area contributed by atoms with Crippen molar-refractivity contribution >= 4 is 15.9 Å². The minimum Gasteiger partial charge on any atom is -0.492 e. The van der Waals surface area contributed by atoms with Gasteiger partial charge in [0.05, 0.1) is 11.6 Å². The second-order valence-electron chi connectivity index (χ2n) is 4.05. The molecule has 88 valence electrons. The molecule has 5 heteroatoms. The van der Waals surface area contributed by atoms with Gasteiger partial charge in [0.2, 0.25) is 5.82 Å². The summed E-state index contributed by atoms with van der Waals surface area (Å²) in [4.78, 5) is 0. The quantitative estimate of drug-likeness (QED) is 0.869. The fraction of sp³-hybridized carbons (Fsp3) is 0.455. The van der Waals surface area contributed by atoms with Crippen LogP contribution in [0, 0.1) is 11.6 Å². The largest absolute Gasteiger partial charge is 0.492 e. The van der Waals surface area contributed by atoms with Gasteiger partial charge in [-0.2, -0.15) is 4.39 Å². The summed E-state index contributed by atoms with van der Waals surface area (Å²) in [7, 11) is 1.30. The Hall–Kier alpha value is -0.680. The zero-order valence-corrected chi connectivity index (χ0v) is 10.4. The zero-order chi connectivity index (χ0) is 11.9. The highest BCUT2D eigenvalue weighted by atomic mass is 79.9. The average molecular weight is 292 g/mol. The first-order valence-corrected chi connectivity index (χ1v) is 5.77. The van der Waals surface area contributed by atoms with Gasteiger partial charge in [-0.3, -0.25) is 0 Å². The number of rotatable bonds is 3.